The molecule has 0 fully saturated rings. The number of carbonyl (C=O) groups excluding carboxylic acids is 1. The van der Waals surface area contributed by atoms with Crippen LogP contribution in [0.15, 0.2) is 18.2 Å². The van der Waals surface area contributed by atoms with Crippen LogP contribution in [0.5, 0.6) is 0 Å². The average Bonchev–Trinajstić information content (AvgIpc) is 2.64. The number of hydrogen-bond acceptors (Lipinski definition) is 3. The van der Waals surface area contributed by atoms with Gasteiger partial charge in [0.25, 0.3) is 0 Å². The molecule has 0 N–H and O–H groups in total. The highest BCUT2D eigenvalue weighted by molar-refractivity contribution is 5.93. The number of hydrogen-bond donors (Lipinski definition) is 0. The number of ketones is 1. The Morgan fingerprint density at radius 1 is 1.35 bits per heavy atom. The lowest BCUT2D eigenvalue weighted by Crippen LogP contribution is -2.03. The Kier molecular flexibility index (Phi) is 2.75. The maximum absolute atomic E-state index is 13.2. The molecule has 88 valence electrons. The van der Waals surface area contributed by atoms with E-state index >= 15 is 0 Å². The van der Waals surface area contributed by atoms with Gasteiger partial charge in [0, 0.05) is 6.92 Å². The molecule has 1 aromatic heterocycles. The van der Waals surface area contributed by atoms with Crippen LogP contribution in [-0.4, -0.2) is 20.8 Å². The predicted molar refractivity (Wildman–Crippen MR) is 60.8 cm³/mol. The highest BCUT2D eigenvalue weighted by Gasteiger charge is 2.15. The number of benzene rings is 1. The molecule has 17 heavy (non-hydrogen) atoms. The summed E-state index contributed by atoms with van der Waals surface area (Å²) in [6.45, 7) is 5.02. The van der Waals surface area contributed by atoms with Crippen molar-refractivity contribution in [2.75, 3.05) is 0 Å². The van der Waals surface area contributed by atoms with Gasteiger partial charge in [0.15, 0.2) is 11.5 Å². The first-order valence-corrected chi connectivity index (χ1v) is 5.20. The van der Waals surface area contributed by atoms with E-state index in [1.54, 1.807) is 13.0 Å². The molecule has 0 spiro atoms. The first-order chi connectivity index (χ1) is 8.00. The van der Waals surface area contributed by atoms with Crippen LogP contribution in [0, 0.1) is 19.7 Å². The van der Waals surface area contributed by atoms with Gasteiger partial charge in [0.1, 0.15) is 5.82 Å². The minimum Gasteiger partial charge on any atom is -0.293 e. The zero-order valence-corrected chi connectivity index (χ0v) is 9.86. The fraction of sp³-hybridized carbons (Fsp3) is 0.250. The maximum atomic E-state index is 13.2. The number of aryl methyl sites for hydroxylation is 1. The smallest absolute Gasteiger partial charge is 0.181 e. The lowest BCUT2D eigenvalue weighted by atomic mass is 10.2. The van der Waals surface area contributed by atoms with Crippen molar-refractivity contribution < 1.29 is 9.18 Å². The van der Waals surface area contributed by atoms with Crippen LogP contribution in [0.3, 0.4) is 0 Å². The summed E-state index contributed by atoms with van der Waals surface area (Å²) < 4.78 is 14.7. The van der Waals surface area contributed by atoms with Gasteiger partial charge in [0.05, 0.1) is 11.4 Å². The van der Waals surface area contributed by atoms with Crippen molar-refractivity contribution in [2.45, 2.75) is 20.8 Å². The third kappa shape index (κ3) is 1.95. The minimum absolute atomic E-state index is 0.150. The highest BCUT2D eigenvalue weighted by Crippen LogP contribution is 2.17. The Labute approximate surface area is 98.1 Å². The van der Waals surface area contributed by atoms with E-state index in [2.05, 4.69) is 10.3 Å². The molecule has 0 bridgehead atoms. The largest absolute Gasteiger partial charge is 0.293 e. The summed E-state index contributed by atoms with van der Waals surface area (Å²) in [6, 6.07) is 4.43. The van der Waals surface area contributed by atoms with Gasteiger partial charge >= 0.3 is 0 Å². The number of carbonyl (C=O) groups is 1. The SMILES string of the molecule is CC(=O)c1nnn(-c2cc(F)ccc2C)c1C. The molecule has 0 saturated carbocycles. The molecule has 0 unspecified atom stereocenters. The van der Waals surface area contributed by atoms with Crippen LogP contribution in [0.4, 0.5) is 4.39 Å². The number of halogens is 1. The molecule has 5 heteroatoms. The summed E-state index contributed by atoms with van der Waals surface area (Å²) in [5.74, 6) is -0.493. The van der Waals surface area contributed by atoms with E-state index in [0.717, 1.165) is 5.56 Å². The van der Waals surface area contributed by atoms with Gasteiger partial charge < -0.3 is 0 Å². The molecule has 0 saturated heterocycles. The highest BCUT2D eigenvalue weighted by atomic mass is 19.1. The molecule has 2 rings (SSSR count). The summed E-state index contributed by atoms with van der Waals surface area (Å²) in [5, 5.41) is 7.69. The van der Waals surface area contributed by atoms with E-state index < -0.39 is 0 Å². The van der Waals surface area contributed by atoms with Crippen LogP contribution in [0.25, 0.3) is 5.69 Å². The Balaban J connectivity index is 2.61. The molecule has 4 nitrogen and oxygen atoms in total. The fourth-order valence-corrected chi connectivity index (χ4v) is 1.69. The third-order valence-electron chi connectivity index (χ3n) is 2.63. The van der Waals surface area contributed by atoms with Gasteiger partial charge in [-0.1, -0.05) is 11.3 Å². The monoisotopic (exact) mass is 233 g/mol. The van der Waals surface area contributed by atoms with Crippen LogP contribution in [0.2, 0.25) is 0 Å². The van der Waals surface area contributed by atoms with Crippen molar-refractivity contribution >= 4 is 5.78 Å². The van der Waals surface area contributed by atoms with Crippen molar-refractivity contribution in [1.82, 2.24) is 15.0 Å². The predicted octanol–water partition coefficient (Wildman–Crippen LogP) is 2.23. The lowest BCUT2D eigenvalue weighted by Gasteiger charge is -2.07. The van der Waals surface area contributed by atoms with Gasteiger partial charge in [-0.2, -0.15) is 0 Å². The summed E-state index contributed by atoms with van der Waals surface area (Å²) in [5.41, 5.74) is 2.40. The van der Waals surface area contributed by atoms with Crippen molar-refractivity contribution in [2.24, 2.45) is 0 Å². The second kappa shape index (κ2) is 4.08. The van der Waals surface area contributed by atoms with E-state index in [1.807, 2.05) is 6.92 Å². The van der Waals surface area contributed by atoms with E-state index in [9.17, 15) is 9.18 Å². The Bertz CT molecular complexity index is 589. The average molecular weight is 233 g/mol. The molecule has 0 amide bonds. The quantitative estimate of drug-likeness (QED) is 0.747. The molecule has 1 heterocycles. The standard InChI is InChI=1S/C12H12FN3O/c1-7-4-5-10(13)6-11(7)16-8(2)12(9(3)17)14-15-16/h4-6H,1-3H3. The number of rotatable bonds is 2. The minimum atomic E-state index is -0.343. The van der Waals surface area contributed by atoms with Gasteiger partial charge in [-0.05, 0) is 31.5 Å². The summed E-state index contributed by atoms with van der Waals surface area (Å²) in [4.78, 5) is 11.3. The van der Waals surface area contributed by atoms with Gasteiger partial charge in [-0.15, -0.1) is 5.10 Å². The Morgan fingerprint density at radius 2 is 2.06 bits per heavy atom. The van der Waals surface area contributed by atoms with E-state index in [1.165, 1.54) is 23.7 Å². The number of Topliss-reactive ketones (excluding diaryl/α,β-unsaturated/α-hetero) is 1. The van der Waals surface area contributed by atoms with Crippen LogP contribution >= 0.6 is 0 Å². The van der Waals surface area contributed by atoms with Crippen LogP contribution in [0.1, 0.15) is 28.7 Å². The lowest BCUT2D eigenvalue weighted by molar-refractivity contribution is 0.101. The van der Waals surface area contributed by atoms with Gasteiger partial charge in [0.2, 0.25) is 0 Å². The topological polar surface area (TPSA) is 47.8 Å². The van der Waals surface area contributed by atoms with Crippen molar-refractivity contribution in [3.05, 3.63) is 41.0 Å². The Hall–Kier alpha value is -2.04. The summed E-state index contributed by atoms with van der Waals surface area (Å²) in [7, 11) is 0. The zero-order valence-electron chi connectivity index (χ0n) is 9.86. The molecule has 0 atom stereocenters. The molecule has 0 radical (unpaired) electrons. The first kappa shape index (κ1) is 11.4. The third-order valence-corrected chi connectivity index (χ3v) is 2.63. The zero-order chi connectivity index (χ0) is 12.6. The van der Waals surface area contributed by atoms with Crippen LogP contribution < -0.4 is 0 Å². The first-order valence-electron chi connectivity index (χ1n) is 5.20. The number of aromatic nitrogens is 3. The van der Waals surface area contributed by atoms with Crippen LogP contribution in [-0.2, 0) is 0 Å². The summed E-state index contributed by atoms with van der Waals surface area (Å²) in [6.07, 6.45) is 0. The molecule has 2 aromatic rings. The normalized spacial score (nSPS) is 10.6. The van der Waals surface area contributed by atoms with E-state index in [4.69, 9.17) is 0 Å². The number of nitrogens with zero attached hydrogens (tertiary/aromatic N) is 3. The molecule has 0 aliphatic carbocycles. The summed E-state index contributed by atoms with van der Waals surface area (Å²) >= 11 is 0. The maximum Gasteiger partial charge on any atom is 0.181 e. The molecular formula is C12H12FN3O. The van der Waals surface area contributed by atoms with Crippen molar-refractivity contribution in [3.63, 3.8) is 0 Å². The second-order valence-corrected chi connectivity index (χ2v) is 3.92. The van der Waals surface area contributed by atoms with E-state index in [0.29, 0.717) is 17.1 Å². The Morgan fingerprint density at radius 3 is 2.65 bits per heavy atom. The van der Waals surface area contributed by atoms with Crippen molar-refractivity contribution in [3.8, 4) is 5.69 Å². The fourth-order valence-electron chi connectivity index (χ4n) is 1.69. The van der Waals surface area contributed by atoms with E-state index in [-0.39, 0.29) is 11.6 Å². The molecule has 0 aliphatic rings. The molecular weight excluding hydrogens is 221 g/mol. The van der Waals surface area contributed by atoms with Gasteiger partial charge in [-0.25, -0.2) is 9.07 Å². The molecule has 0 aliphatic heterocycles. The van der Waals surface area contributed by atoms with Crippen molar-refractivity contribution in [1.29, 1.82) is 0 Å². The second-order valence-electron chi connectivity index (χ2n) is 3.92. The molecule has 1 aromatic carbocycles. The van der Waals surface area contributed by atoms with Gasteiger partial charge in [-0.3, -0.25) is 4.79 Å².